The number of hydrogen-bond donors (Lipinski definition) is 2. The summed E-state index contributed by atoms with van der Waals surface area (Å²) in [5.74, 6) is 0.277. The van der Waals surface area contributed by atoms with Crippen LogP contribution in [-0.2, 0) is 15.7 Å². The van der Waals surface area contributed by atoms with Gasteiger partial charge in [-0.1, -0.05) is 0 Å². The molecule has 0 aliphatic carbocycles. The van der Waals surface area contributed by atoms with Gasteiger partial charge >= 0.3 is 8.25 Å². The highest BCUT2D eigenvalue weighted by molar-refractivity contribution is 7.32. The predicted molar refractivity (Wildman–Crippen MR) is 49.8 cm³/mol. The number of rotatable bonds is 4. The summed E-state index contributed by atoms with van der Waals surface area (Å²) in [5.41, 5.74) is 6.41. The van der Waals surface area contributed by atoms with Crippen LogP contribution in [0.25, 0.3) is 0 Å². The molecule has 0 saturated heterocycles. The van der Waals surface area contributed by atoms with Gasteiger partial charge in [-0.3, -0.25) is 0 Å². The van der Waals surface area contributed by atoms with Gasteiger partial charge in [0.1, 0.15) is 6.61 Å². The maximum atomic E-state index is 10.2. The Labute approximate surface area is 81.6 Å². The lowest BCUT2D eigenvalue weighted by molar-refractivity contribution is 0.267. The summed E-state index contributed by atoms with van der Waals surface area (Å²) in [5, 5.41) is 0. The SMILES string of the molecule is COc1nc(CO[P+](=O)O)ccc1N. The van der Waals surface area contributed by atoms with E-state index in [2.05, 4.69) is 9.51 Å². The van der Waals surface area contributed by atoms with Crippen molar-refractivity contribution in [1.29, 1.82) is 0 Å². The Bertz CT molecular complexity index is 344. The van der Waals surface area contributed by atoms with Crippen molar-refractivity contribution >= 4 is 13.9 Å². The zero-order valence-corrected chi connectivity index (χ0v) is 8.40. The van der Waals surface area contributed by atoms with Gasteiger partial charge in [0.15, 0.2) is 0 Å². The largest absolute Gasteiger partial charge is 0.695 e. The van der Waals surface area contributed by atoms with Crippen LogP contribution in [0.2, 0.25) is 0 Å². The number of nitrogens with two attached hydrogens (primary N) is 1. The van der Waals surface area contributed by atoms with E-state index in [4.69, 9.17) is 15.4 Å². The van der Waals surface area contributed by atoms with Crippen molar-refractivity contribution in [1.82, 2.24) is 4.98 Å². The molecule has 0 fully saturated rings. The molecule has 3 N–H and O–H groups in total. The minimum Gasteiger partial charge on any atom is -0.480 e. The standard InChI is InChI=1S/C7H9N2O4P/c1-12-7-6(8)3-2-5(9-7)4-13-14(10)11/h2-3H,4,8H2,1H3/p+1. The van der Waals surface area contributed by atoms with Crippen LogP contribution in [0.5, 0.6) is 5.88 Å². The molecule has 1 rings (SSSR count). The maximum absolute atomic E-state index is 10.2. The van der Waals surface area contributed by atoms with Crippen LogP contribution in [0.4, 0.5) is 5.69 Å². The number of ether oxygens (including phenoxy) is 1. The van der Waals surface area contributed by atoms with E-state index in [-0.39, 0.29) is 12.5 Å². The second kappa shape index (κ2) is 4.85. The topological polar surface area (TPSA) is 94.7 Å². The molecule has 0 amide bonds. The van der Waals surface area contributed by atoms with Crippen LogP contribution < -0.4 is 10.5 Å². The third kappa shape index (κ3) is 2.92. The summed E-state index contributed by atoms with van der Waals surface area (Å²) in [6.45, 7) is -0.0532. The fourth-order valence-electron chi connectivity index (χ4n) is 0.855. The van der Waals surface area contributed by atoms with Gasteiger partial charge in [0.25, 0.3) is 0 Å². The Morgan fingerprint density at radius 1 is 1.64 bits per heavy atom. The van der Waals surface area contributed by atoms with E-state index in [0.29, 0.717) is 11.4 Å². The van der Waals surface area contributed by atoms with Gasteiger partial charge in [-0.2, -0.15) is 0 Å². The number of anilines is 1. The Morgan fingerprint density at radius 3 is 2.93 bits per heavy atom. The van der Waals surface area contributed by atoms with Crippen LogP contribution in [-0.4, -0.2) is 17.0 Å². The molecule has 1 heterocycles. The molecule has 14 heavy (non-hydrogen) atoms. The molecule has 6 nitrogen and oxygen atoms in total. The first-order valence-corrected chi connectivity index (χ1v) is 4.85. The van der Waals surface area contributed by atoms with Crippen molar-refractivity contribution in [3.05, 3.63) is 17.8 Å². The quantitative estimate of drug-likeness (QED) is 0.725. The predicted octanol–water partition coefficient (Wildman–Crippen LogP) is 0.839. The summed E-state index contributed by atoms with van der Waals surface area (Å²) >= 11 is 0. The van der Waals surface area contributed by atoms with Gasteiger partial charge in [0.05, 0.1) is 18.5 Å². The highest BCUT2D eigenvalue weighted by atomic mass is 31.1. The summed E-state index contributed by atoms with van der Waals surface area (Å²) < 4.78 is 19.6. The Hall–Kier alpha value is -1.23. The van der Waals surface area contributed by atoms with Crippen LogP contribution in [0.3, 0.4) is 0 Å². The lowest BCUT2D eigenvalue weighted by atomic mass is 10.3. The molecule has 7 heteroatoms. The zero-order chi connectivity index (χ0) is 10.6. The minimum atomic E-state index is -2.61. The highest BCUT2D eigenvalue weighted by Crippen LogP contribution is 2.21. The lowest BCUT2D eigenvalue weighted by Gasteiger charge is -2.03. The number of aromatic nitrogens is 1. The van der Waals surface area contributed by atoms with E-state index in [9.17, 15) is 4.57 Å². The molecule has 0 bridgehead atoms. The molecule has 0 spiro atoms. The van der Waals surface area contributed by atoms with E-state index in [1.54, 1.807) is 12.1 Å². The molecule has 1 atom stereocenters. The van der Waals surface area contributed by atoms with Crippen LogP contribution >= 0.6 is 8.25 Å². The van der Waals surface area contributed by atoms with Crippen molar-refractivity contribution < 1.29 is 18.7 Å². The lowest BCUT2D eigenvalue weighted by Crippen LogP contribution is -1.99. The molecule has 76 valence electrons. The average Bonchev–Trinajstić information content (AvgIpc) is 2.16. The van der Waals surface area contributed by atoms with Gasteiger partial charge in [-0.15, -0.1) is 9.42 Å². The first-order chi connectivity index (χ1) is 6.63. The summed E-state index contributed by atoms with van der Waals surface area (Å²) in [6.07, 6.45) is 0. The Kier molecular flexibility index (Phi) is 3.76. The van der Waals surface area contributed by atoms with Crippen LogP contribution in [0.15, 0.2) is 12.1 Å². The average molecular weight is 217 g/mol. The number of nitrogens with zero attached hydrogens (tertiary/aromatic N) is 1. The number of methoxy groups -OCH3 is 1. The highest BCUT2D eigenvalue weighted by Gasteiger charge is 2.13. The van der Waals surface area contributed by atoms with Crippen molar-refractivity contribution in [3.8, 4) is 5.88 Å². The van der Waals surface area contributed by atoms with E-state index in [0.717, 1.165) is 0 Å². The molecule has 0 saturated carbocycles. The third-order valence-corrected chi connectivity index (χ3v) is 1.81. The van der Waals surface area contributed by atoms with Crippen LogP contribution in [0, 0.1) is 0 Å². The normalized spacial score (nSPS) is 11.1. The fourth-order valence-corrected chi connectivity index (χ4v) is 1.10. The van der Waals surface area contributed by atoms with Gasteiger partial charge in [0, 0.05) is 4.57 Å². The van der Waals surface area contributed by atoms with E-state index >= 15 is 0 Å². The second-order valence-electron chi connectivity index (χ2n) is 2.41. The zero-order valence-electron chi connectivity index (χ0n) is 7.51. The van der Waals surface area contributed by atoms with Gasteiger partial charge in [-0.25, -0.2) is 4.98 Å². The smallest absolute Gasteiger partial charge is 0.480 e. The Balaban J connectivity index is 2.74. The van der Waals surface area contributed by atoms with Gasteiger partial charge in [-0.05, 0) is 12.1 Å². The molecule has 1 aromatic rings. The van der Waals surface area contributed by atoms with E-state index < -0.39 is 8.25 Å². The summed E-state index contributed by atoms with van der Waals surface area (Å²) in [7, 11) is -1.17. The molecule has 1 aromatic heterocycles. The first kappa shape index (κ1) is 10.8. The second-order valence-corrected chi connectivity index (χ2v) is 3.15. The van der Waals surface area contributed by atoms with Crippen molar-refractivity contribution in [3.63, 3.8) is 0 Å². The molecular weight excluding hydrogens is 207 g/mol. The number of hydrogen-bond acceptors (Lipinski definition) is 5. The van der Waals surface area contributed by atoms with E-state index in [1.165, 1.54) is 7.11 Å². The van der Waals surface area contributed by atoms with Gasteiger partial charge in [0.2, 0.25) is 5.88 Å². The molecule has 0 aliphatic heterocycles. The molecule has 0 aliphatic rings. The number of pyridine rings is 1. The fraction of sp³-hybridized carbons (Fsp3) is 0.286. The first-order valence-electron chi connectivity index (χ1n) is 3.72. The number of nitrogen functional groups attached to an aromatic ring is 1. The molecular formula is C7H10N2O4P+. The minimum absolute atomic E-state index is 0.0532. The molecule has 0 aromatic carbocycles. The van der Waals surface area contributed by atoms with Crippen LogP contribution in [0.1, 0.15) is 5.69 Å². The van der Waals surface area contributed by atoms with Crippen molar-refractivity contribution in [2.75, 3.05) is 12.8 Å². The molecule has 0 radical (unpaired) electrons. The van der Waals surface area contributed by atoms with Crippen molar-refractivity contribution in [2.45, 2.75) is 6.61 Å². The Morgan fingerprint density at radius 2 is 2.36 bits per heavy atom. The summed E-state index contributed by atoms with van der Waals surface area (Å²) in [6, 6.07) is 3.19. The summed E-state index contributed by atoms with van der Waals surface area (Å²) in [4.78, 5) is 12.3. The van der Waals surface area contributed by atoms with Crippen molar-refractivity contribution in [2.24, 2.45) is 0 Å². The molecule has 1 unspecified atom stereocenters. The third-order valence-electron chi connectivity index (χ3n) is 1.46. The maximum Gasteiger partial charge on any atom is 0.695 e. The van der Waals surface area contributed by atoms with E-state index in [1.807, 2.05) is 0 Å². The van der Waals surface area contributed by atoms with Gasteiger partial charge < -0.3 is 10.5 Å². The monoisotopic (exact) mass is 217 g/mol.